The Kier molecular flexibility index (Phi) is 8.16. The van der Waals surface area contributed by atoms with E-state index in [0.29, 0.717) is 19.5 Å². The van der Waals surface area contributed by atoms with Crippen molar-refractivity contribution >= 4 is 18.3 Å². The molecule has 5 heteroatoms. The van der Waals surface area contributed by atoms with Gasteiger partial charge in [0.1, 0.15) is 5.75 Å². The van der Waals surface area contributed by atoms with E-state index in [-0.39, 0.29) is 18.3 Å². The van der Waals surface area contributed by atoms with Crippen LogP contribution in [0.25, 0.3) is 0 Å². The number of nitrogens with two attached hydrogens (primary N) is 1. The fourth-order valence-electron chi connectivity index (χ4n) is 1.59. The third-order valence-electron chi connectivity index (χ3n) is 2.58. The lowest BCUT2D eigenvalue weighted by Gasteiger charge is -2.08. The van der Waals surface area contributed by atoms with Crippen LogP contribution in [0.15, 0.2) is 18.2 Å². The highest BCUT2D eigenvalue weighted by Gasteiger charge is 2.02. The van der Waals surface area contributed by atoms with Crippen molar-refractivity contribution in [2.45, 2.75) is 19.8 Å². The lowest BCUT2D eigenvalue weighted by Crippen LogP contribution is -2.27. The predicted octanol–water partition coefficient (Wildman–Crippen LogP) is 1.43. The summed E-state index contributed by atoms with van der Waals surface area (Å²) in [4.78, 5) is 11.2. The van der Waals surface area contributed by atoms with Crippen molar-refractivity contribution < 1.29 is 9.53 Å². The molecule has 4 nitrogen and oxygen atoms in total. The Bertz CT molecular complexity index is 383. The van der Waals surface area contributed by atoms with Gasteiger partial charge in [-0.3, -0.25) is 4.79 Å². The molecule has 0 heterocycles. The Morgan fingerprint density at radius 3 is 2.78 bits per heavy atom. The van der Waals surface area contributed by atoms with Crippen LogP contribution in [0.5, 0.6) is 5.75 Å². The molecule has 0 bridgehead atoms. The number of nitrogens with one attached hydrogen (secondary N) is 1. The molecule has 0 saturated heterocycles. The van der Waals surface area contributed by atoms with E-state index in [1.165, 1.54) is 0 Å². The van der Waals surface area contributed by atoms with Gasteiger partial charge < -0.3 is 15.8 Å². The zero-order valence-corrected chi connectivity index (χ0v) is 11.7. The number of benzene rings is 1. The van der Waals surface area contributed by atoms with E-state index in [1.807, 2.05) is 25.1 Å². The van der Waals surface area contributed by atoms with Crippen LogP contribution < -0.4 is 15.8 Å². The first-order valence-electron chi connectivity index (χ1n) is 5.77. The topological polar surface area (TPSA) is 64.3 Å². The summed E-state index contributed by atoms with van der Waals surface area (Å²) >= 11 is 0. The summed E-state index contributed by atoms with van der Waals surface area (Å²) in [6.45, 7) is 3.03. The number of ether oxygens (including phenoxy) is 1. The fraction of sp³-hybridized carbons (Fsp3) is 0.462. The number of aryl methyl sites for hydroxylation is 1. The van der Waals surface area contributed by atoms with Crippen molar-refractivity contribution in [2.24, 2.45) is 5.73 Å². The summed E-state index contributed by atoms with van der Waals surface area (Å²) < 4.78 is 5.25. The summed E-state index contributed by atoms with van der Waals surface area (Å²) in [6, 6.07) is 6.08. The number of hydrogen-bond donors (Lipinski definition) is 2. The van der Waals surface area contributed by atoms with Crippen LogP contribution in [0.3, 0.4) is 0 Å². The van der Waals surface area contributed by atoms with E-state index in [1.54, 1.807) is 7.11 Å². The minimum atomic E-state index is 0. The molecule has 0 aromatic heterocycles. The van der Waals surface area contributed by atoms with Crippen LogP contribution in [0.4, 0.5) is 0 Å². The lowest BCUT2D eigenvalue weighted by atomic mass is 10.1. The van der Waals surface area contributed by atoms with Gasteiger partial charge >= 0.3 is 0 Å². The molecule has 0 radical (unpaired) electrons. The summed E-state index contributed by atoms with van der Waals surface area (Å²) in [6.07, 6.45) is 1.18. The first kappa shape index (κ1) is 16.7. The summed E-state index contributed by atoms with van der Waals surface area (Å²) in [5.41, 5.74) is 7.56. The largest absolute Gasteiger partial charge is 0.496 e. The molecule has 0 saturated carbocycles. The summed E-state index contributed by atoms with van der Waals surface area (Å²) in [5.74, 6) is 0.891. The number of rotatable bonds is 6. The molecule has 0 unspecified atom stereocenters. The first-order valence-corrected chi connectivity index (χ1v) is 5.77. The molecule has 102 valence electrons. The molecule has 1 rings (SSSR count). The monoisotopic (exact) mass is 272 g/mol. The number of carbonyl (C=O) groups excluding carboxylic acids is 1. The van der Waals surface area contributed by atoms with Crippen LogP contribution >= 0.6 is 12.4 Å². The van der Waals surface area contributed by atoms with Crippen molar-refractivity contribution in [3.8, 4) is 5.75 Å². The quantitative estimate of drug-likeness (QED) is 0.823. The maximum absolute atomic E-state index is 11.2. The van der Waals surface area contributed by atoms with Gasteiger partial charge in [-0.05, 0) is 30.5 Å². The Morgan fingerprint density at radius 2 is 2.17 bits per heavy atom. The van der Waals surface area contributed by atoms with Gasteiger partial charge in [-0.2, -0.15) is 0 Å². The third-order valence-corrected chi connectivity index (χ3v) is 2.58. The van der Waals surface area contributed by atoms with Crippen LogP contribution in [-0.4, -0.2) is 26.1 Å². The van der Waals surface area contributed by atoms with Crippen LogP contribution in [0.1, 0.15) is 17.5 Å². The molecule has 1 aromatic carbocycles. The maximum Gasteiger partial charge on any atom is 0.221 e. The van der Waals surface area contributed by atoms with Crippen molar-refractivity contribution in [2.75, 3.05) is 20.2 Å². The van der Waals surface area contributed by atoms with Gasteiger partial charge in [0.05, 0.1) is 7.11 Å². The molecule has 0 aliphatic heterocycles. The molecule has 3 N–H and O–H groups in total. The summed E-state index contributed by atoms with van der Waals surface area (Å²) in [7, 11) is 1.66. The standard InChI is InChI=1S/C13H20N2O2.ClH/c1-10-3-4-11(9-12(10)17-2)6-8-15-13(16)5-7-14;/h3-4,9H,5-8,14H2,1-2H3,(H,15,16);1H. The van der Waals surface area contributed by atoms with Gasteiger partial charge in [-0.15, -0.1) is 12.4 Å². The highest BCUT2D eigenvalue weighted by molar-refractivity contribution is 5.85. The number of halogens is 1. The molecular weight excluding hydrogens is 252 g/mol. The molecule has 1 aromatic rings. The number of hydrogen-bond acceptors (Lipinski definition) is 3. The van der Waals surface area contributed by atoms with Crippen molar-refractivity contribution in [3.05, 3.63) is 29.3 Å². The zero-order chi connectivity index (χ0) is 12.7. The van der Waals surface area contributed by atoms with Gasteiger partial charge in [0.25, 0.3) is 0 Å². The average Bonchev–Trinajstić information content (AvgIpc) is 2.31. The molecule has 0 fully saturated rings. The Labute approximate surface area is 114 Å². The van der Waals surface area contributed by atoms with E-state index in [4.69, 9.17) is 10.5 Å². The van der Waals surface area contributed by atoms with Crippen LogP contribution in [0.2, 0.25) is 0 Å². The molecule has 0 aliphatic carbocycles. The number of methoxy groups -OCH3 is 1. The number of carbonyl (C=O) groups is 1. The highest BCUT2D eigenvalue weighted by atomic mass is 35.5. The Hall–Kier alpha value is -1.26. The minimum Gasteiger partial charge on any atom is -0.496 e. The molecule has 0 aliphatic rings. The van der Waals surface area contributed by atoms with Crippen LogP contribution in [-0.2, 0) is 11.2 Å². The highest BCUT2D eigenvalue weighted by Crippen LogP contribution is 2.18. The van der Waals surface area contributed by atoms with Crippen molar-refractivity contribution in [1.29, 1.82) is 0 Å². The van der Waals surface area contributed by atoms with E-state index >= 15 is 0 Å². The second kappa shape index (κ2) is 8.78. The SMILES string of the molecule is COc1cc(CCNC(=O)CCN)ccc1C.Cl. The molecule has 0 atom stereocenters. The average molecular weight is 273 g/mol. The number of amides is 1. The minimum absolute atomic E-state index is 0. The van der Waals surface area contributed by atoms with E-state index < -0.39 is 0 Å². The van der Waals surface area contributed by atoms with Crippen LogP contribution in [0, 0.1) is 6.92 Å². The van der Waals surface area contributed by atoms with E-state index in [9.17, 15) is 4.79 Å². The smallest absolute Gasteiger partial charge is 0.221 e. The van der Waals surface area contributed by atoms with E-state index in [0.717, 1.165) is 23.3 Å². The lowest BCUT2D eigenvalue weighted by molar-refractivity contribution is -0.120. The Morgan fingerprint density at radius 1 is 1.44 bits per heavy atom. The molecular formula is C13H21ClN2O2. The van der Waals surface area contributed by atoms with Gasteiger partial charge in [-0.1, -0.05) is 12.1 Å². The predicted molar refractivity (Wildman–Crippen MR) is 75.4 cm³/mol. The first-order chi connectivity index (χ1) is 8.17. The molecule has 1 amide bonds. The Balaban J connectivity index is 0.00000289. The van der Waals surface area contributed by atoms with Crippen molar-refractivity contribution in [3.63, 3.8) is 0 Å². The second-order valence-electron chi connectivity index (χ2n) is 3.94. The zero-order valence-electron chi connectivity index (χ0n) is 10.9. The maximum atomic E-state index is 11.2. The molecule has 18 heavy (non-hydrogen) atoms. The summed E-state index contributed by atoms with van der Waals surface area (Å²) in [5, 5.41) is 2.82. The van der Waals surface area contributed by atoms with Gasteiger partial charge in [0.15, 0.2) is 0 Å². The van der Waals surface area contributed by atoms with Crippen molar-refractivity contribution in [1.82, 2.24) is 5.32 Å². The third kappa shape index (κ3) is 5.38. The van der Waals surface area contributed by atoms with E-state index in [2.05, 4.69) is 5.32 Å². The second-order valence-corrected chi connectivity index (χ2v) is 3.94. The molecule has 0 spiro atoms. The normalized spacial score (nSPS) is 9.50. The van der Waals surface area contributed by atoms with Gasteiger partial charge in [0.2, 0.25) is 5.91 Å². The van der Waals surface area contributed by atoms with Gasteiger partial charge in [0, 0.05) is 19.5 Å². The fourth-order valence-corrected chi connectivity index (χ4v) is 1.59. The van der Waals surface area contributed by atoms with Gasteiger partial charge in [-0.25, -0.2) is 0 Å².